The maximum absolute atomic E-state index is 11.1. The SMILES string of the molecule is CCCN1CC(C(=O)NC)OC1=O.Oc1ccc(Cl)c(Cl)c1. The van der Waals surface area contributed by atoms with Crippen LogP contribution in [0.4, 0.5) is 4.79 Å². The molecule has 1 saturated heterocycles. The minimum Gasteiger partial charge on any atom is -0.508 e. The predicted octanol–water partition coefficient (Wildman–Crippen LogP) is 2.66. The number of hydrogen-bond donors (Lipinski definition) is 2. The number of aromatic hydroxyl groups is 1. The first-order chi connectivity index (χ1) is 10.4. The lowest BCUT2D eigenvalue weighted by molar-refractivity contribution is -0.127. The van der Waals surface area contributed by atoms with Gasteiger partial charge in [-0.3, -0.25) is 4.79 Å². The molecule has 0 aromatic heterocycles. The highest BCUT2D eigenvalue weighted by atomic mass is 35.5. The largest absolute Gasteiger partial charge is 0.508 e. The molecule has 2 rings (SSSR count). The fourth-order valence-corrected chi connectivity index (χ4v) is 2.04. The number of ether oxygens (including phenoxy) is 1. The van der Waals surface area contributed by atoms with Crippen molar-refractivity contribution in [2.24, 2.45) is 0 Å². The highest BCUT2D eigenvalue weighted by molar-refractivity contribution is 6.42. The molecule has 0 aliphatic carbocycles. The second-order valence-electron chi connectivity index (χ2n) is 4.53. The number of rotatable bonds is 3. The summed E-state index contributed by atoms with van der Waals surface area (Å²) in [5, 5.41) is 12.1. The number of cyclic esters (lactones) is 1. The number of carbonyl (C=O) groups excluding carboxylic acids is 2. The summed E-state index contributed by atoms with van der Waals surface area (Å²) in [7, 11) is 1.53. The summed E-state index contributed by atoms with van der Waals surface area (Å²) in [6, 6.07) is 4.41. The van der Waals surface area contributed by atoms with Crippen LogP contribution in [0.2, 0.25) is 10.0 Å². The van der Waals surface area contributed by atoms with E-state index in [1.165, 1.54) is 19.2 Å². The van der Waals surface area contributed by atoms with Gasteiger partial charge < -0.3 is 20.1 Å². The summed E-state index contributed by atoms with van der Waals surface area (Å²) in [6.07, 6.45) is -0.158. The Labute approximate surface area is 138 Å². The smallest absolute Gasteiger partial charge is 0.410 e. The Bertz CT molecular complexity index is 540. The minimum atomic E-state index is -0.635. The van der Waals surface area contributed by atoms with Crippen LogP contribution < -0.4 is 5.32 Å². The van der Waals surface area contributed by atoms with Gasteiger partial charge in [-0.05, 0) is 24.6 Å². The zero-order valence-corrected chi connectivity index (χ0v) is 13.8. The van der Waals surface area contributed by atoms with Crippen molar-refractivity contribution in [3.63, 3.8) is 0 Å². The number of phenolic OH excluding ortho intramolecular Hbond substituents is 1. The first kappa shape index (κ1) is 18.4. The third kappa shape index (κ3) is 5.27. The Morgan fingerprint density at radius 2 is 2.14 bits per heavy atom. The van der Waals surface area contributed by atoms with E-state index in [-0.39, 0.29) is 11.7 Å². The van der Waals surface area contributed by atoms with E-state index in [1.54, 1.807) is 11.0 Å². The van der Waals surface area contributed by atoms with Crippen LogP contribution in [0.5, 0.6) is 5.75 Å². The van der Waals surface area contributed by atoms with Gasteiger partial charge in [0, 0.05) is 13.6 Å². The second kappa shape index (κ2) is 8.70. The second-order valence-corrected chi connectivity index (χ2v) is 5.35. The number of carbonyl (C=O) groups is 2. The normalized spacial score (nSPS) is 16.6. The van der Waals surface area contributed by atoms with Gasteiger partial charge in [-0.2, -0.15) is 0 Å². The first-order valence-corrected chi connectivity index (χ1v) is 7.45. The van der Waals surface area contributed by atoms with Gasteiger partial charge in [0.05, 0.1) is 16.6 Å². The van der Waals surface area contributed by atoms with Crippen LogP contribution in [-0.4, -0.2) is 48.2 Å². The number of amides is 2. The van der Waals surface area contributed by atoms with Crippen LogP contribution >= 0.6 is 23.2 Å². The van der Waals surface area contributed by atoms with Crippen molar-refractivity contribution in [3.8, 4) is 5.75 Å². The molecule has 1 aliphatic heterocycles. The molecule has 6 nitrogen and oxygen atoms in total. The fourth-order valence-electron chi connectivity index (χ4n) is 1.74. The van der Waals surface area contributed by atoms with E-state index < -0.39 is 12.2 Å². The zero-order chi connectivity index (χ0) is 16.7. The molecule has 1 atom stereocenters. The fraction of sp³-hybridized carbons (Fsp3) is 0.429. The number of nitrogens with one attached hydrogen (secondary N) is 1. The van der Waals surface area contributed by atoms with Gasteiger partial charge in [0.25, 0.3) is 5.91 Å². The van der Waals surface area contributed by atoms with Crippen molar-refractivity contribution in [1.82, 2.24) is 10.2 Å². The summed E-state index contributed by atoms with van der Waals surface area (Å²) in [5.74, 6) is -0.114. The minimum absolute atomic E-state index is 0.129. The van der Waals surface area contributed by atoms with Crippen LogP contribution in [0.15, 0.2) is 18.2 Å². The van der Waals surface area contributed by atoms with Crippen LogP contribution in [0, 0.1) is 0 Å². The zero-order valence-electron chi connectivity index (χ0n) is 12.3. The van der Waals surface area contributed by atoms with E-state index in [0.29, 0.717) is 23.1 Å². The van der Waals surface area contributed by atoms with Gasteiger partial charge in [-0.1, -0.05) is 30.1 Å². The van der Waals surface area contributed by atoms with Gasteiger partial charge in [0.2, 0.25) is 0 Å². The number of halogens is 2. The van der Waals surface area contributed by atoms with Gasteiger partial charge in [0.1, 0.15) is 5.75 Å². The number of hydrogen-bond acceptors (Lipinski definition) is 4. The Morgan fingerprint density at radius 1 is 1.45 bits per heavy atom. The Balaban J connectivity index is 0.000000235. The molecule has 0 radical (unpaired) electrons. The third-order valence-electron chi connectivity index (χ3n) is 2.82. The molecule has 2 N–H and O–H groups in total. The van der Waals surface area contributed by atoms with E-state index in [9.17, 15) is 9.59 Å². The van der Waals surface area contributed by atoms with Gasteiger partial charge in [-0.25, -0.2) is 4.79 Å². The van der Waals surface area contributed by atoms with Crippen molar-refractivity contribution >= 4 is 35.2 Å². The highest BCUT2D eigenvalue weighted by Gasteiger charge is 2.34. The average molecular weight is 349 g/mol. The molecule has 1 aliphatic rings. The van der Waals surface area contributed by atoms with Crippen molar-refractivity contribution in [1.29, 1.82) is 0 Å². The van der Waals surface area contributed by atoms with Crippen LogP contribution in [-0.2, 0) is 9.53 Å². The van der Waals surface area contributed by atoms with E-state index >= 15 is 0 Å². The van der Waals surface area contributed by atoms with E-state index in [0.717, 1.165) is 6.42 Å². The van der Waals surface area contributed by atoms with Crippen molar-refractivity contribution in [2.75, 3.05) is 20.1 Å². The molecule has 1 aromatic carbocycles. The lowest BCUT2D eigenvalue weighted by Crippen LogP contribution is -2.35. The molecule has 0 saturated carbocycles. The monoisotopic (exact) mass is 348 g/mol. The van der Waals surface area contributed by atoms with E-state index in [4.69, 9.17) is 33.0 Å². The average Bonchev–Trinajstić information content (AvgIpc) is 2.85. The summed E-state index contributed by atoms with van der Waals surface area (Å²) in [5.41, 5.74) is 0. The third-order valence-corrected chi connectivity index (χ3v) is 3.56. The molecular formula is C14H18Cl2N2O4. The lowest BCUT2D eigenvalue weighted by atomic mass is 10.3. The summed E-state index contributed by atoms with van der Waals surface area (Å²) in [6.45, 7) is 2.99. The van der Waals surface area contributed by atoms with Crippen LogP contribution in [0.25, 0.3) is 0 Å². The van der Waals surface area contributed by atoms with Gasteiger partial charge >= 0.3 is 6.09 Å². The molecule has 22 heavy (non-hydrogen) atoms. The van der Waals surface area contributed by atoms with Gasteiger partial charge in [-0.15, -0.1) is 0 Å². The molecule has 0 bridgehead atoms. The summed E-state index contributed by atoms with van der Waals surface area (Å²) < 4.78 is 4.85. The Kier molecular flexibility index (Phi) is 7.27. The number of benzene rings is 1. The van der Waals surface area contributed by atoms with Gasteiger partial charge in [0.15, 0.2) is 6.10 Å². The molecule has 122 valence electrons. The Hall–Kier alpha value is -1.66. The summed E-state index contributed by atoms with van der Waals surface area (Å²) >= 11 is 11.1. The highest BCUT2D eigenvalue weighted by Crippen LogP contribution is 2.25. The Morgan fingerprint density at radius 3 is 2.64 bits per heavy atom. The molecule has 1 fully saturated rings. The molecule has 2 amide bonds. The quantitative estimate of drug-likeness (QED) is 0.879. The van der Waals surface area contributed by atoms with Crippen molar-refractivity contribution in [3.05, 3.63) is 28.2 Å². The molecule has 8 heteroatoms. The van der Waals surface area contributed by atoms with E-state index in [2.05, 4.69) is 5.32 Å². The van der Waals surface area contributed by atoms with E-state index in [1.807, 2.05) is 6.92 Å². The van der Waals surface area contributed by atoms with Crippen LogP contribution in [0.1, 0.15) is 13.3 Å². The van der Waals surface area contributed by atoms with Crippen molar-refractivity contribution in [2.45, 2.75) is 19.4 Å². The maximum Gasteiger partial charge on any atom is 0.410 e. The van der Waals surface area contributed by atoms with Crippen molar-refractivity contribution < 1.29 is 19.4 Å². The molecule has 1 aromatic rings. The number of phenols is 1. The lowest BCUT2D eigenvalue weighted by Gasteiger charge is -2.09. The molecular weight excluding hydrogens is 331 g/mol. The first-order valence-electron chi connectivity index (χ1n) is 6.70. The standard InChI is InChI=1S/C8H14N2O3.C6H4Cl2O/c1-3-4-10-5-6(7(11)9-2)13-8(10)12;7-5-2-1-4(9)3-6(5)8/h6H,3-5H2,1-2H3,(H,9,11);1-3,9H. The maximum atomic E-state index is 11.1. The molecule has 0 spiro atoms. The summed E-state index contributed by atoms with van der Waals surface area (Å²) in [4.78, 5) is 23.8. The molecule has 1 unspecified atom stereocenters. The molecule has 1 heterocycles. The topological polar surface area (TPSA) is 78.9 Å². The van der Waals surface area contributed by atoms with Crippen LogP contribution in [0.3, 0.4) is 0 Å². The number of nitrogens with zero attached hydrogens (tertiary/aromatic N) is 1. The predicted molar refractivity (Wildman–Crippen MR) is 84.3 cm³/mol. The number of likely N-dealkylation sites (N-methyl/N-ethyl adjacent to an activating group) is 1.